The summed E-state index contributed by atoms with van der Waals surface area (Å²) >= 11 is 1.89. The van der Waals surface area contributed by atoms with Crippen LogP contribution in [-0.4, -0.2) is 39.4 Å². The number of unbranched alkanes of at least 4 members (excludes halogenated alkanes) is 3. The zero-order valence-electron chi connectivity index (χ0n) is 11.7. The smallest absolute Gasteiger partial charge is 0.339 e. The highest BCUT2D eigenvalue weighted by molar-refractivity contribution is 7.98. The highest BCUT2D eigenvalue weighted by atomic mass is 32.2. The van der Waals surface area contributed by atoms with Crippen LogP contribution in [0, 0.1) is 0 Å². The lowest BCUT2D eigenvalue weighted by atomic mass is 10.2. The molecule has 1 aromatic rings. The largest absolute Gasteiger partial charge is 0.478 e. The van der Waals surface area contributed by atoms with Crippen molar-refractivity contribution < 1.29 is 9.90 Å². The Balaban J connectivity index is 2.19. The molecule has 0 aliphatic heterocycles. The van der Waals surface area contributed by atoms with E-state index in [4.69, 9.17) is 5.11 Å². The lowest BCUT2D eigenvalue weighted by Crippen LogP contribution is -2.19. The number of carbonyl (C=O) groups is 1. The summed E-state index contributed by atoms with van der Waals surface area (Å²) in [6.45, 7) is 1.48. The molecule has 108 valence electrons. The quantitative estimate of drug-likeness (QED) is 0.645. The van der Waals surface area contributed by atoms with E-state index in [-0.39, 0.29) is 5.56 Å². The van der Waals surface area contributed by atoms with Gasteiger partial charge in [0.05, 0.1) is 11.9 Å². The molecule has 0 amide bonds. The minimum atomic E-state index is -0.915. The molecular formula is C13H23N3O2S. The monoisotopic (exact) mass is 285 g/mol. The topological polar surface area (TPSA) is 67.2 Å². The molecule has 0 aliphatic carbocycles. The summed E-state index contributed by atoms with van der Waals surface area (Å²) in [5.41, 5.74) is 1.02. The first-order valence-corrected chi connectivity index (χ1v) is 8.00. The van der Waals surface area contributed by atoms with Crippen LogP contribution < -0.4 is 5.32 Å². The highest BCUT2D eigenvalue weighted by Crippen LogP contribution is 2.07. The Hall–Kier alpha value is -1.01. The zero-order valence-corrected chi connectivity index (χ0v) is 12.5. The van der Waals surface area contributed by atoms with Gasteiger partial charge in [-0.3, -0.25) is 4.68 Å². The first-order chi connectivity index (χ1) is 9.16. The third-order valence-electron chi connectivity index (χ3n) is 3.04. The fraction of sp³-hybridized carbons (Fsp3) is 0.692. The minimum absolute atomic E-state index is 0.287. The molecule has 1 heterocycles. The van der Waals surface area contributed by atoms with Crippen LogP contribution in [0.2, 0.25) is 0 Å². The molecule has 0 radical (unpaired) electrons. The van der Waals surface area contributed by atoms with Crippen molar-refractivity contribution in [2.24, 2.45) is 7.05 Å². The summed E-state index contributed by atoms with van der Waals surface area (Å²) in [6, 6.07) is 0. The van der Waals surface area contributed by atoms with Gasteiger partial charge in [0.15, 0.2) is 0 Å². The van der Waals surface area contributed by atoms with E-state index in [2.05, 4.69) is 16.7 Å². The van der Waals surface area contributed by atoms with Crippen molar-refractivity contribution in [1.82, 2.24) is 15.1 Å². The van der Waals surface area contributed by atoms with Crippen molar-refractivity contribution in [2.75, 3.05) is 18.6 Å². The van der Waals surface area contributed by atoms with Crippen molar-refractivity contribution in [3.8, 4) is 0 Å². The molecule has 0 spiro atoms. The summed E-state index contributed by atoms with van der Waals surface area (Å²) < 4.78 is 1.62. The van der Waals surface area contributed by atoms with E-state index in [0.29, 0.717) is 6.54 Å². The third-order valence-corrected chi connectivity index (χ3v) is 3.73. The van der Waals surface area contributed by atoms with Crippen molar-refractivity contribution >= 4 is 17.7 Å². The third kappa shape index (κ3) is 5.65. The van der Waals surface area contributed by atoms with Crippen LogP contribution in [0.1, 0.15) is 41.7 Å². The van der Waals surface area contributed by atoms with Gasteiger partial charge in [-0.1, -0.05) is 12.8 Å². The number of aromatic nitrogens is 2. The standard InChI is InChI=1S/C13H23N3O2S/c1-16-12(11(9-15-16)13(17)18)10-14-7-5-3-4-6-8-19-2/h9,14H,3-8,10H2,1-2H3,(H,17,18). The lowest BCUT2D eigenvalue weighted by molar-refractivity contribution is 0.0695. The van der Waals surface area contributed by atoms with Crippen LogP contribution in [0.3, 0.4) is 0 Å². The Morgan fingerprint density at radius 2 is 2.16 bits per heavy atom. The number of hydrogen-bond donors (Lipinski definition) is 2. The highest BCUT2D eigenvalue weighted by Gasteiger charge is 2.13. The second-order valence-corrected chi connectivity index (χ2v) is 5.50. The van der Waals surface area contributed by atoms with E-state index in [1.54, 1.807) is 11.7 Å². The van der Waals surface area contributed by atoms with Gasteiger partial charge >= 0.3 is 5.97 Å². The van der Waals surface area contributed by atoms with Crippen LogP contribution in [0.5, 0.6) is 0 Å². The molecular weight excluding hydrogens is 262 g/mol. The Bertz CT molecular complexity index is 393. The first-order valence-electron chi connectivity index (χ1n) is 6.60. The zero-order chi connectivity index (χ0) is 14.1. The average molecular weight is 285 g/mol. The molecule has 1 rings (SSSR count). The molecule has 0 fully saturated rings. The molecule has 0 aliphatic rings. The van der Waals surface area contributed by atoms with E-state index in [0.717, 1.165) is 18.7 Å². The van der Waals surface area contributed by atoms with Crippen molar-refractivity contribution in [2.45, 2.75) is 32.2 Å². The van der Waals surface area contributed by atoms with Crippen LogP contribution >= 0.6 is 11.8 Å². The summed E-state index contributed by atoms with van der Waals surface area (Å²) in [7, 11) is 1.77. The molecule has 5 nitrogen and oxygen atoms in total. The Morgan fingerprint density at radius 3 is 2.84 bits per heavy atom. The van der Waals surface area contributed by atoms with Gasteiger partial charge in [0.2, 0.25) is 0 Å². The molecule has 2 N–H and O–H groups in total. The van der Waals surface area contributed by atoms with Crippen LogP contribution in [0.25, 0.3) is 0 Å². The average Bonchev–Trinajstić information content (AvgIpc) is 2.74. The second kappa shape index (κ2) is 8.98. The van der Waals surface area contributed by atoms with Crippen LogP contribution in [0.15, 0.2) is 6.20 Å². The molecule has 1 aromatic heterocycles. The van der Waals surface area contributed by atoms with Crippen LogP contribution in [0.4, 0.5) is 0 Å². The Morgan fingerprint density at radius 1 is 1.42 bits per heavy atom. The maximum Gasteiger partial charge on any atom is 0.339 e. The fourth-order valence-electron chi connectivity index (χ4n) is 1.91. The van der Waals surface area contributed by atoms with E-state index >= 15 is 0 Å². The second-order valence-electron chi connectivity index (χ2n) is 4.52. The Labute approximate surface area is 118 Å². The molecule has 19 heavy (non-hydrogen) atoms. The van der Waals surface area contributed by atoms with E-state index in [1.807, 2.05) is 11.8 Å². The number of carboxylic acids is 1. The van der Waals surface area contributed by atoms with Crippen molar-refractivity contribution in [3.63, 3.8) is 0 Å². The van der Waals surface area contributed by atoms with E-state index in [9.17, 15) is 4.79 Å². The van der Waals surface area contributed by atoms with Gasteiger partial charge < -0.3 is 10.4 Å². The molecule has 0 atom stereocenters. The minimum Gasteiger partial charge on any atom is -0.478 e. The number of carboxylic acid groups (broad SMARTS) is 1. The lowest BCUT2D eigenvalue weighted by Gasteiger charge is -2.06. The predicted octanol–water partition coefficient (Wildman–Crippen LogP) is 2.13. The van der Waals surface area contributed by atoms with Crippen LogP contribution in [-0.2, 0) is 13.6 Å². The molecule has 6 heteroatoms. The van der Waals surface area contributed by atoms with Gasteiger partial charge in [0.25, 0.3) is 0 Å². The van der Waals surface area contributed by atoms with Gasteiger partial charge in [-0.25, -0.2) is 4.79 Å². The molecule has 0 bridgehead atoms. The molecule has 0 aromatic carbocycles. The number of thioether (sulfide) groups is 1. The molecule has 0 saturated carbocycles. The maximum atomic E-state index is 11.0. The van der Waals surface area contributed by atoms with Crippen molar-refractivity contribution in [3.05, 3.63) is 17.5 Å². The Kier molecular flexibility index (Phi) is 7.59. The van der Waals surface area contributed by atoms with Gasteiger partial charge in [0, 0.05) is 13.6 Å². The predicted molar refractivity (Wildman–Crippen MR) is 78.7 cm³/mol. The summed E-state index contributed by atoms with van der Waals surface area (Å²) in [6.07, 6.45) is 8.46. The maximum absolute atomic E-state index is 11.0. The number of nitrogens with one attached hydrogen (secondary N) is 1. The summed E-state index contributed by atoms with van der Waals surface area (Å²) in [5.74, 6) is 0.326. The summed E-state index contributed by atoms with van der Waals surface area (Å²) in [5, 5.41) is 16.3. The number of aromatic carboxylic acids is 1. The molecule has 0 saturated heterocycles. The number of rotatable bonds is 10. The number of nitrogens with zero attached hydrogens (tertiary/aromatic N) is 2. The van der Waals surface area contributed by atoms with E-state index in [1.165, 1.54) is 31.2 Å². The SMILES string of the molecule is CSCCCCCCNCc1c(C(=O)O)cnn1C. The normalized spacial score (nSPS) is 10.8. The fourth-order valence-corrected chi connectivity index (χ4v) is 2.40. The van der Waals surface area contributed by atoms with Gasteiger partial charge in [0.1, 0.15) is 5.56 Å². The van der Waals surface area contributed by atoms with E-state index < -0.39 is 5.97 Å². The molecule has 0 unspecified atom stereocenters. The van der Waals surface area contributed by atoms with Crippen molar-refractivity contribution in [1.29, 1.82) is 0 Å². The first kappa shape index (κ1) is 16.0. The number of hydrogen-bond acceptors (Lipinski definition) is 4. The van der Waals surface area contributed by atoms with Gasteiger partial charge in [-0.2, -0.15) is 16.9 Å². The number of aryl methyl sites for hydroxylation is 1. The van der Waals surface area contributed by atoms with Gasteiger partial charge in [-0.15, -0.1) is 0 Å². The summed E-state index contributed by atoms with van der Waals surface area (Å²) in [4.78, 5) is 11.0. The van der Waals surface area contributed by atoms with Gasteiger partial charge in [-0.05, 0) is 31.4 Å².